The summed E-state index contributed by atoms with van der Waals surface area (Å²) in [5.41, 5.74) is 0. The summed E-state index contributed by atoms with van der Waals surface area (Å²) in [4.78, 5) is 14.1. The van der Waals surface area contributed by atoms with Crippen LogP contribution in [0.3, 0.4) is 0 Å². The molecule has 0 saturated heterocycles. The van der Waals surface area contributed by atoms with E-state index in [0.717, 1.165) is 4.88 Å². The van der Waals surface area contributed by atoms with Gasteiger partial charge in [-0.2, -0.15) is 0 Å². The molecular weight excluding hydrogens is 194 g/mol. The smallest absolute Gasteiger partial charge is 0.195 e. The van der Waals surface area contributed by atoms with Gasteiger partial charge in [0.25, 0.3) is 0 Å². The van der Waals surface area contributed by atoms with Gasteiger partial charge < -0.3 is 4.90 Å². The van der Waals surface area contributed by atoms with Crippen molar-refractivity contribution in [1.29, 1.82) is 0 Å². The number of allylic oxidation sites excluding steroid dienone is 3. The minimum absolute atomic E-state index is 0.0587. The number of ketones is 1. The molecule has 2 nitrogen and oxygen atoms in total. The van der Waals surface area contributed by atoms with E-state index in [9.17, 15) is 4.79 Å². The number of nitrogens with zero attached hydrogens (tertiary/aromatic N) is 1. The van der Waals surface area contributed by atoms with Crippen LogP contribution in [0.1, 0.15) is 9.67 Å². The summed E-state index contributed by atoms with van der Waals surface area (Å²) in [7, 11) is 3.87. The fourth-order valence-corrected chi connectivity index (χ4v) is 1.51. The van der Waals surface area contributed by atoms with Gasteiger partial charge in [0.2, 0.25) is 0 Å². The molecule has 0 fully saturated rings. The lowest BCUT2D eigenvalue weighted by molar-refractivity contribution is 0.105. The summed E-state index contributed by atoms with van der Waals surface area (Å²) in [6.45, 7) is 0. The summed E-state index contributed by atoms with van der Waals surface area (Å²) in [6, 6.07) is 3.70. The van der Waals surface area contributed by atoms with Crippen molar-refractivity contribution >= 4 is 17.1 Å². The molecule has 0 spiro atoms. The van der Waals surface area contributed by atoms with E-state index >= 15 is 0 Å². The van der Waals surface area contributed by atoms with E-state index < -0.39 is 0 Å². The van der Waals surface area contributed by atoms with Crippen LogP contribution in [-0.4, -0.2) is 24.8 Å². The lowest BCUT2D eigenvalue weighted by Gasteiger charge is -2.00. The van der Waals surface area contributed by atoms with Crippen LogP contribution in [0.25, 0.3) is 0 Å². The van der Waals surface area contributed by atoms with Crippen LogP contribution >= 0.6 is 11.3 Å². The topological polar surface area (TPSA) is 20.3 Å². The Morgan fingerprint density at radius 3 is 2.79 bits per heavy atom. The minimum Gasteiger partial charge on any atom is -0.383 e. The van der Waals surface area contributed by atoms with E-state index in [-0.39, 0.29) is 5.78 Å². The van der Waals surface area contributed by atoms with Gasteiger partial charge in [-0.3, -0.25) is 4.79 Å². The highest BCUT2D eigenvalue weighted by molar-refractivity contribution is 7.12. The third kappa shape index (κ3) is 3.58. The Labute approximate surface area is 88.2 Å². The highest BCUT2D eigenvalue weighted by atomic mass is 32.1. The van der Waals surface area contributed by atoms with Gasteiger partial charge in [-0.25, -0.2) is 0 Å². The monoisotopic (exact) mass is 207 g/mol. The zero-order chi connectivity index (χ0) is 10.4. The van der Waals surface area contributed by atoms with Crippen LogP contribution in [0.4, 0.5) is 0 Å². The van der Waals surface area contributed by atoms with Gasteiger partial charge in [0.1, 0.15) is 0 Å². The number of hydrogen-bond acceptors (Lipinski definition) is 3. The summed E-state index contributed by atoms with van der Waals surface area (Å²) < 4.78 is 0. The summed E-state index contributed by atoms with van der Waals surface area (Å²) >= 11 is 1.46. The molecule has 0 aliphatic heterocycles. The van der Waals surface area contributed by atoms with Gasteiger partial charge in [-0.05, 0) is 29.8 Å². The zero-order valence-corrected chi connectivity index (χ0v) is 9.12. The van der Waals surface area contributed by atoms with Crippen molar-refractivity contribution in [2.45, 2.75) is 0 Å². The minimum atomic E-state index is 0.0587. The zero-order valence-electron chi connectivity index (χ0n) is 8.31. The maximum Gasteiger partial charge on any atom is 0.195 e. The Hall–Kier alpha value is -1.35. The average molecular weight is 207 g/mol. The van der Waals surface area contributed by atoms with Crippen LogP contribution in [0.5, 0.6) is 0 Å². The van der Waals surface area contributed by atoms with Gasteiger partial charge in [-0.15, -0.1) is 11.3 Å². The van der Waals surface area contributed by atoms with Gasteiger partial charge in [0.15, 0.2) is 5.78 Å². The molecular formula is C11H13NOS. The first-order chi connectivity index (χ1) is 6.70. The Bertz CT molecular complexity index is 336. The predicted molar refractivity (Wildman–Crippen MR) is 60.6 cm³/mol. The molecule has 14 heavy (non-hydrogen) atoms. The Kier molecular flexibility index (Phi) is 4.13. The fourth-order valence-electron chi connectivity index (χ4n) is 0.866. The van der Waals surface area contributed by atoms with Gasteiger partial charge >= 0.3 is 0 Å². The van der Waals surface area contributed by atoms with Crippen molar-refractivity contribution in [1.82, 2.24) is 4.90 Å². The van der Waals surface area contributed by atoms with E-state index in [2.05, 4.69) is 0 Å². The Morgan fingerprint density at radius 2 is 2.21 bits per heavy atom. The quantitative estimate of drug-likeness (QED) is 0.429. The maximum atomic E-state index is 11.4. The van der Waals surface area contributed by atoms with Crippen LogP contribution in [0, 0.1) is 0 Å². The lowest BCUT2D eigenvalue weighted by atomic mass is 10.3. The largest absolute Gasteiger partial charge is 0.383 e. The molecule has 0 bridgehead atoms. The van der Waals surface area contributed by atoms with Crippen molar-refractivity contribution in [2.75, 3.05) is 14.1 Å². The van der Waals surface area contributed by atoms with Crippen LogP contribution in [0.2, 0.25) is 0 Å². The molecule has 1 aromatic heterocycles. The van der Waals surface area contributed by atoms with Gasteiger partial charge in [-0.1, -0.05) is 12.1 Å². The van der Waals surface area contributed by atoms with Crippen molar-refractivity contribution < 1.29 is 4.79 Å². The predicted octanol–water partition coefficient (Wildman–Crippen LogP) is 2.56. The van der Waals surface area contributed by atoms with Crippen molar-refractivity contribution in [3.8, 4) is 0 Å². The van der Waals surface area contributed by atoms with Crippen molar-refractivity contribution in [3.05, 3.63) is 46.8 Å². The number of carbonyl (C=O) groups is 1. The third-order valence-electron chi connectivity index (χ3n) is 1.51. The first-order valence-corrected chi connectivity index (χ1v) is 5.17. The summed E-state index contributed by atoms with van der Waals surface area (Å²) in [6.07, 6.45) is 7.05. The molecule has 1 aromatic rings. The Morgan fingerprint density at radius 1 is 1.43 bits per heavy atom. The van der Waals surface area contributed by atoms with E-state index in [1.807, 2.05) is 48.8 Å². The normalized spacial score (nSPS) is 11.3. The molecule has 74 valence electrons. The maximum absolute atomic E-state index is 11.4. The van der Waals surface area contributed by atoms with E-state index in [4.69, 9.17) is 0 Å². The third-order valence-corrected chi connectivity index (χ3v) is 2.39. The van der Waals surface area contributed by atoms with Crippen LogP contribution < -0.4 is 0 Å². The van der Waals surface area contributed by atoms with Crippen LogP contribution in [-0.2, 0) is 0 Å². The molecule has 0 aliphatic rings. The lowest BCUT2D eigenvalue weighted by Crippen LogP contribution is -1.99. The van der Waals surface area contributed by atoms with Gasteiger partial charge in [0.05, 0.1) is 4.88 Å². The molecule has 0 unspecified atom stereocenters. The molecule has 1 rings (SSSR count). The number of thiophene rings is 1. The Balaban J connectivity index is 2.49. The van der Waals surface area contributed by atoms with E-state index in [1.54, 1.807) is 12.2 Å². The molecule has 0 saturated carbocycles. The summed E-state index contributed by atoms with van der Waals surface area (Å²) in [5, 5.41) is 1.90. The van der Waals surface area contributed by atoms with Crippen molar-refractivity contribution in [2.24, 2.45) is 0 Å². The SMILES string of the molecule is CN(C)C=CC=CC(=O)c1cccs1. The highest BCUT2D eigenvalue weighted by Gasteiger charge is 1.99. The summed E-state index contributed by atoms with van der Waals surface area (Å²) in [5.74, 6) is 0.0587. The average Bonchev–Trinajstić information content (AvgIpc) is 2.64. The molecule has 0 atom stereocenters. The van der Waals surface area contributed by atoms with Crippen molar-refractivity contribution in [3.63, 3.8) is 0 Å². The van der Waals surface area contributed by atoms with E-state index in [1.165, 1.54) is 11.3 Å². The molecule has 3 heteroatoms. The number of rotatable bonds is 4. The second kappa shape index (κ2) is 5.40. The number of hydrogen-bond donors (Lipinski definition) is 0. The molecule has 0 N–H and O–H groups in total. The molecule has 0 radical (unpaired) electrons. The first-order valence-electron chi connectivity index (χ1n) is 4.29. The molecule has 1 heterocycles. The van der Waals surface area contributed by atoms with Gasteiger partial charge in [0, 0.05) is 14.1 Å². The van der Waals surface area contributed by atoms with E-state index in [0.29, 0.717) is 0 Å². The molecule has 0 aliphatic carbocycles. The highest BCUT2D eigenvalue weighted by Crippen LogP contribution is 2.09. The molecule has 0 amide bonds. The molecule has 0 aromatic carbocycles. The standard InChI is InChI=1S/C11H13NOS/c1-12(2)8-4-3-6-10(13)11-7-5-9-14-11/h3-9H,1-2H3. The fraction of sp³-hybridized carbons (Fsp3) is 0.182. The second-order valence-corrected chi connectivity index (χ2v) is 3.95. The number of carbonyl (C=O) groups excluding carboxylic acids is 1. The van der Waals surface area contributed by atoms with Crippen LogP contribution in [0.15, 0.2) is 41.9 Å². The second-order valence-electron chi connectivity index (χ2n) is 3.01. The first kappa shape index (κ1) is 10.7.